The summed E-state index contributed by atoms with van der Waals surface area (Å²) >= 11 is 0. The number of hydrogen-bond donors (Lipinski definition) is 0. The maximum absolute atomic E-state index is 9.40. The van der Waals surface area contributed by atoms with Crippen LogP contribution >= 0.6 is 0 Å². The number of fused-ring (bicyclic) bond motifs is 12. The normalized spacial score (nSPS) is 11.6. The van der Waals surface area contributed by atoms with Crippen LogP contribution in [0.2, 0.25) is 0 Å². The molecule has 5 heteroatoms. The Morgan fingerprint density at radius 3 is 0.740 bits per heavy atom. The van der Waals surface area contributed by atoms with Crippen molar-refractivity contribution in [1.82, 2.24) is 18.3 Å². The molecule has 5 nitrogen and oxygen atoms in total. The standard InChI is InChI=1S/C67H46N2.C55H35N3/c1-5-19-53(20-6-1)67(54-21-7-2-8-22-54,55-23-9-3-10-24-55)56-25-17-18-50(44-56)49-36-40-58(41-37-49)69-64-31-16-14-29-60(64)62-46-52(39-43-66(62)69)48-34-32-47(33-35-48)51-38-42-65-61(45-51)59-28-13-15-30-63(59)68(65)57-26-11-4-12-27-57;56-36-37-10-8-13-42(32-37)41-24-28-46(29-25-41)57-52-18-6-4-16-48(52)50-34-44(26-30-54(50)57)39-20-22-40(23-21-39)45-27-31-55-51(35-45)49-17-5-7-19-53(49)58(55)47-15-9-14-43(33-47)38-11-2-1-3-12-38/h1-46H;1-35H. The van der Waals surface area contributed by atoms with Crippen molar-refractivity contribution in [1.29, 1.82) is 5.26 Å². The van der Waals surface area contributed by atoms with E-state index in [-0.39, 0.29) is 0 Å². The van der Waals surface area contributed by atoms with Crippen LogP contribution in [0.15, 0.2) is 491 Å². The van der Waals surface area contributed by atoms with Crippen molar-refractivity contribution in [3.8, 4) is 107 Å². The van der Waals surface area contributed by atoms with Crippen molar-refractivity contribution in [2.45, 2.75) is 5.41 Å². The molecule has 127 heavy (non-hydrogen) atoms. The predicted molar refractivity (Wildman–Crippen MR) is 531 cm³/mol. The third-order valence-electron chi connectivity index (χ3n) is 25.8. The van der Waals surface area contributed by atoms with E-state index in [1.54, 1.807) is 0 Å². The van der Waals surface area contributed by atoms with Crippen LogP contribution in [0.4, 0.5) is 0 Å². The van der Waals surface area contributed by atoms with Gasteiger partial charge in [-0.15, -0.1) is 0 Å². The SMILES string of the molecule is N#Cc1cccc(-c2ccc(-n3c4ccccc4c4cc(-c5ccc(-c6ccc7c(c6)c6ccccc6n7-c6cccc(-c7ccccc7)c6)cc5)ccc43)cc2)c1.c1ccc(-n2c3ccccc3c3cc(-c4ccc(-c5ccc6c(c5)c5ccccc5n6-c5ccc(-c6cccc(C(c7ccccc7)(c7ccccc7)c7ccccc7)c6)cc5)cc4)ccc32)cc1. The molecular formula is C122H81N5. The van der Waals surface area contributed by atoms with Crippen LogP contribution in [0.1, 0.15) is 27.8 Å². The molecule has 0 atom stereocenters. The quantitative estimate of drug-likeness (QED) is 0.0944. The van der Waals surface area contributed by atoms with Crippen molar-refractivity contribution in [2.24, 2.45) is 0 Å². The minimum absolute atomic E-state index is 0.509. The van der Waals surface area contributed by atoms with Crippen LogP contribution in [0.5, 0.6) is 0 Å². The molecule has 0 N–H and O–H groups in total. The molecular weight excluding hydrogens is 1540 g/mol. The van der Waals surface area contributed by atoms with Gasteiger partial charge in [-0.2, -0.15) is 5.26 Å². The number of hydrogen-bond acceptors (Lipinski definition) is 1. The fraction of sp³-hybridized carbons (Fsp3) is 0.00820. The highest BCUT2D eigenvalue weighted by Crippen LogP contribution is 2.48. The molecule has 0 saturated heterocycles. The summed E-state index contributed by atoms with van der Waals surface area (Å²) in [5, 5.41) is 19.3. The van der Waals surface area contributed by atoms with Gasteiger partial charge >= 0.3 is 0 Å². The van der Waals surface area contributed by atoms with Crippen molar-refractivity contribution in [3.63, 3.8) is 0 Å². The van der Waals surface area contributed by atoms with E-state index >= 15 is 0 Å². The summed E-state index contributed by atoms with van der Waals surface area (Å²) in [5.74, 6) is 0. The molecule has 0 spiro atoms. The van der Waals surface area contributed by atoms with Crippen LogP contribution in [-0.2, 0) is 5.41 Å². The first kappa shape index (κ1) is 75.1. The number of rotatable bonds is 15. The predicted octanol–water partition coefficient (Wildman–Crippen LogP) is 31.7. The molecule has 4 aromatic heterocycles. The third kappa shape index (κ3) is 13.3. The van der Waals surface area contributed by atoms with Gasteiger partial charge in [-0.05, 0) is 240 Å². The minimum Gasteiger partial charge on any atom is -0.309 e. The molecule has 20 aromatic carbocycles. The van der Waals surface area contributed by atoms with Gasteiger partial charge in [0.05, 0.1) is 61.2 Å². The van der Waals surface area contributed by atoms with Crippen LogP contribution in [0.25, 0.3) is 188 Å². The van der Waals surface area contributed by atoms with Gasteiger partial charge in [0, 0.05) is 65.8 Å². The summed E-state index contributed by atoms with van der Waals surface area (Å²) in [6.45, 7) is 0. The van der Waals surface area contributed by atoms with Crippen LogP contribution in [0.3, 0.4) is 0 Å². The summed E-state index contributed by atoms with van der Waals surface area (Å²) in [6, 6.07) is 180. The molecule has 0 saturated carbocycles. The lowest BCUT2D eigenvalue weighted by molar-refractivity contribution is 0.745. The monoisotopic (exact) mass is 1620 g/mol. The number of benzene rings is 20. The van der Waals surface area contributed by atoms with E-state index in [1.807, 2.05) is 18.2 Å². The fourth-order valence-corrected chi connectivity index (χ4v) is 19.8. The number of nitriles is 1. The van der Waals surface area contributed by atoms with Gasteiger partial charge in [-0.3, -0.25) is 0 Å². The highest BCUT2D eigenvalue weighted by Gasteiger charge is 2.38. The van der Waals surface area contributed by atoms with Gasteiger partial charge in [0.15, 0.2) is 0 Å². The molecule has 0 radical (unpaired) electrons. The largest absolute Gasteiger partial charge is 0.309 e. The summed E-state index contributed by atoms with van der Waals surface area (Å²) in [5.41, 5.74) is 35.7. The van der Waals surface area contributed by atoms with E-state index in [9.17, 15) is 5.26 Å². The zero-order valence-electron chi connectivity index (χ0n) is 69.5. The molecule has 0 aliphatic heterocycles. The highest BCUT2D eigenvalue weighted by atomic mass is 15.0. The van der Waals surface area contributed by atoms with Gasteiger partial charge in [0.25, 0.3) is 0 Å². The van der Waals surface area contributed by atoms with Crippen molar-refractivity contribution < 1.29 is 0 Å². The second-order valence-electron chi connectivity index (χ2n) is 33.0. The Morgan fingerprint density at radius 1 is 0.150 bits per heavy atom. The summed E-state index contributed by atoms with van der Waals surface area (Å²) in [7, 11) is 0. The maximum atomic E-state index is 9.40. The Morgan fingerprint density at radius 2 is 0.378 bits per heavy atom. The average molecular weight is 1620 g/mol. The van der Waals surface area contributed by atoms with Gasteiger partial charge < -0.3 is 18.3 Å². The zero-order chi connectivity index (χ0) is 84.3. The molecule has 0 aliphatic carbocycles. The first-order valence-electron chi connectivity index (χ1n) is 43.5. The highest BCUT2D eigenvalue weighted by molar-refractivity contribution is 6.14. The Bertz CT molecular complexity index is 8220. The van der Waals surface area contributed by atoms with Crippen LogP contribution in [-0.4, -0.2) is 18.3 Å². The smallest absolute Gasteiger partial charge is 0.0991 e. The van der Waals surface area contributed by atoms with E-state index in [0.717, 1.165) is 28.2 Å². The summed E-state index contributed by atoms with van der Waals surface area (Å²) in [6.07, 6.45) is 0. The Labute approximate surface area is 737 Å². The van der Waals surface area contributed by atoms with E-state index < -0.39 is 5.41 Å². The van der Waals surface area contributed by atoms with E-state index in [0.29, 0.717) is 5.56 Å². The summed E-state index contributed by atoms with van der Waals surface area (Å²) in [4.78, 5) is 0. The van der Waals surface area contributed by atoms with E-state index in [4.69, 9.17) is 0 Å². The molecule has 4 heterocycles. The lowest BCUT2D eigenvalue weighted by Gasteiger charge is -2.37. The van der Waals surface area contributed by atoms with Gasteiger partial charge in [0.2, 0.25) is 0 Å². The minimum atomic E-state index is -0.509. The Hall–Kier alpha value is -16.9. The Balaban J connectivity index is 0.000000148. The van der Waals surface area contributed by atoms with Crippen LogP contribution in [0, 0.1) is 11.3 Å². The average Bonchev–Trinajstić information content (AvgIpc) is 1.65. The Kier molecular flexibility index (Phi) is 18.8. The number of nitrogens with zero attached hydrogens (tertiary/aromatic N) is 5. The molecule has 0 bridgehead atoms. The van der Waals surface area contributed by atoms with Gasteiger partial charge in [-0.1, -0.05) is 352 Å². The van der Waals surface area contributed by atoms with Crippen molar-refractivity contribution in [2.75, 3.05) is 0 Å². The molecule has 0 amide bonds. The fourth-order valence-electron chi connectivity index (χ4n) is 19.8. The molecule has 0 unspecified atom stereocenters. The van der Waals surface area contributed by atoms with E-state index in [2.05, 4.69) is 498 Å². The zero-order valence-corrected chi connectivity index (χ0v) is 69.5. The molecule has 24 aromatic rings. The van der Waals surface area contributed by atoms with Gasteiger partial charge in [0.1, 0.15) is 0 Å². The van der Waals surface area contributed by atoms with Crippen molar-refractivity contribution >= 4 is 87.2 Å². The number of aromatic nitrogens is 4. The molecule has 24 rings (SSSR count). The van der Waals surface area contributed by atoms with Gasteiger partial charge in [-0.25, -0.2) is 0 Å². The molecule has 0 fully saturated rings. The lowest BCUT2D eigenvalue weighted by Crippen LogP contribution is -2.31. The lowest BCUT2D eigenvalue weighted by atomic mass is 9.65. The first-order valence-corrected chi connectivity index (χ1v) is 43.5. The van der Waals surface area contributed by atoms with Crippen LogP contribution < -0.4 is 0 Å². The second-order valence-corrected chi connectivity index (χ2v) is 33.0. The van der Waals surface area contributed by atoms with E-state index in [1.165, 1.54) is 182 Å². The first-order chi connectivity index (χ1) is 62.9. The molecule has 594 valence electrons. The summed E-state index contributed by atoms with van der Waals surface area (Å²) < 4.78 is 9.52. The molecule has 0 aliphatic rings. The maximum Gasteiger partial charge on any atom is 0.0991 e. The second kappa shape index (κ2) is 31.8. The topological polar surface area (TPSA) is 43.5 Å². The third-order valence-corrected chi connectivity index (χ3v) is 25.8. The number of para-hydroxylation sites is 5. The van der Waals surface area contributed by atoms with Crippen molar-refractivity contribution in [3.05, 3.63) is 519 Å².